The Morgan fingerprint density at radius 2 is 1.72 bits per heavy atom. The van der Waals surface area contributed by atoms with Gasteiger partial charge in [0.15, 0.2) is 0 Å². The summed E-state index contributed by atoms with van der Waals surface area (Å²) < 4.78 is 0. The Hall–Kier alpha value is -2.99. The number of carboxylic acid groups (broad SMARTS) is 1. The van der Waals surface area contributed by atoms with E-state index < -0.39 is 54.5 Å². The van der Waals surface area contributed by atoms with Crippen molar-refractivity contribution in [1.29, 1.82) is 0 Å². The van der Waals surface area contributed by atoms with Gasteiger partial charge in [-0.1, -0.05) is 13.8 Å². The molecule has 12 heteroatoms. The number of hydrogen-bond acceptors (Lipinski definition) is 7. The van der Waals surface area contributed by atoms with Gasteiger partial charge >= 0.3 is 5.97 Å². The van der Waals surface area contributed by atoms with Crippen molar-refractivity contribution in [2.75, 3.05) is 6.54 Å². The van der Waals surface area contributed by atoms with Gasteiger partial charge in [-0.2, -0.15) is 0 Å². The summed E-state index contributed by atoms with van der Waals surface area (Å²) in [5.41, 5.74) is 6.53. The summed E-state index contributed by atoms with van der Waals surface area (Å²) in [7, 11) is 0. The van der Waals surface area contributed by atoms with Crippen LogP contribution in [0.15, 0.2) is 12.5 Å². The van der Waals surface area contributed by atoms with Crippen molar-refractivity contribution >= 4 is 23.7 Å². The molecule has 0 aliphatic rings. The number of nitrogens with one attached hydrogen (secondary N) is 4. The maximum absolute atomic E-state index is 12.6. The zero-order valence-electron chi connectivity index (χ0n) is 16.5. The van der Waals surface area contributed by atoms with E-state index >= 15 is 0 Å². The molecule has 0 bridgehead atoms. The molecule has 0 fully saturated rings. The first-order valence-corrected chi connectivity index (χ1v) is 9.04. The zero-order valence-corrected chi connectivity index (χ0v) is 16.5. The van der Waals surface area contributed by atoms with E-state index in [-0.39, 0.29) is 12.3 Å². The Morgan fingerprint density at radius 3 is 2.21 bits per heavy atom. The number of nitrogens with zero attached hydrogens (tertiary/aromatic N) is 1. The van der Waals surface area contributed by atoms with Crippen LogP contribution in [0.3, 0.4) is 0 Å². The fraction of sp³-hybridized carbons (Fsp3) is 0.588. The number of aromatic amines is 1. The Balaban J connectivity index is 2.77. The molecule has 0 aromatic carbocycles. The fourth-order valence-electron chi connectivity index (χ4n) is 2.44. The molecule has 1 aromatic rings. The van der Waals surface area contributed by atoms with Crippen molar-refractivity contribution < 1.29 is 29.4 Å². The highest BCUT2D eigenvalue weighted by molar-refractivity contribution is 5.94. The zero-order chi connectivity index (χ0) is 22.1. The summed E-state index contributed by atoms with van der Waals surface area (Å²) >= 11 is 0. The van der Waals surface area contributed by atoms with Crippen molar-refractivity contribution in [3.63, 3.8) is 0 Å². The third-order valence-corrected chi connectivity index (χ3v) is 4.05. The molecule has 0 aliphatic carbocycles. The second kappa shape index (κ2) is 11.1. The van der Waals surface area contributed by atoms with E-state index in [9.17, 15) is 24.3 Å². The number of H-pyrrole nitrogens is 1. The standard InChI is InChI=1S/C17H28N6O6/c1-8(2)13(22-15(27)11(18)4-10-5-19-7-21-10)17(29)23-14(9(3)24)16(28)20-6-12(25)26/h5,7-9,11,13-14,24H,4,6,18H2,1-3H3,(H,19,21)(H,20,28)(H,22,27)(H,23,29)(H,25,26). The van der Waals surface area contributed by atoms with Crippen LogP contribution in [0.1, 0.15) is 26.5 Å². The van der Waals surface area contributed by atoms with Crippen molar-refractivity contribution in [2.45, 2.75) is 51.4 Å². The number of rotatable bonds is 11. The summed E-state index contributed by atoms with van der Waals surface area (Å²) in [6.45, 7) is 3.99. The number of aliphatic carboxylic acids is 1. The third kappa shape index (κ3) is 7.87. The quantitative estimate of drug-likeness (QED) is 0.206. The number of aromatic nitrogens is 2. The number of aliphatic hydroxyl groups is 1. The molecule has 162 valence electrons. The highest BCUT2D eigenvalue weighted by Crippen LogP contribution is 2.05. The van der Waals surface area contributed by atoms with Crippen LogP contribution in [0.5, 0.6) is 0 Å². The number of imidazole rings is 1. The van der Waals surface area contributed by atoms with E-state index in [1.54, 1.807) is 13.8 Å². The summed E-state index contributed by atoms with van der Waals surface area (Å²) in [4.78, 5) is 54.3. The van der Waals surface area contributed by atoms with Gasteiger partial charge in [0.2, 0.25) is 17.7 Å². The summed E-state index contributed by atoms with van der Waals surface area (Å²) in [5, 5.41) is 25.4. The summed E-state index contributed by atoms with van der Waals surface area (Å²) in [6, 6.07) is -3.35. The van der Waals surface area contributed by atoms with Gasteiger partial charge in [0, 0.05) is 18.3 Å². The molecule has 0 aliphatic heterocycles. The average molecular weight is 412 g/mol. The van der Waals surface area contributed by atoms with Crippen LogP contribution < -0.4 is 21.7 Å². The van der Waals surface area contributed by atoms with Gasteiger partial charge in [-0.25, -0.2) is 4.98 Å². The topological polar surface area (TPSA) is 200 Å². The molecule has 1 heterocycles. The Bertz CT molecular complexity index is 705. The monoisotopic (exact) mass is 412 g/mol. The van der Waals surface area contributed by atoms with Crippen molar-refractivity contribution in [3.05, 3.63) is 18.2 Å². The van der Waals surface area contributed by atoms with Gasteiger partial charge in [0.1, 0.15) is 18.6 Å². The number of carboxylic acids is 1. The molecule has 4 atom stereocenters. The fourth-order valence-corrected chi connectivity index (χ4v) is 2.44. The minimum atomic E-state index is -1.39. The Labute approximate surface area is 167 Å². The second-order valence-electron chi connectivity index (χ2n) is 6.96. The first-order valence-electron chi connectivity index (χ1n) is 9.04. The lowest BCUT2D eigenvalue weighted by molar-refractivity contribution is -0.139. The molecule has 0 saturated heterocycles. The average Bonchev–Trinajstić information content (AvgIpc) is 3.13. The van der Waals surface area contributed by atoms with E-state index in [1.165, 1.54) is 19.4 Å². The first-order chi connectivity index (χ1) is 13.5. The molecule has 0 saturated carbocycles. The molecule has 4 unspecified atom stereocenters. The molecular formula is C17H28N6O6. The lowest BCUT2D eigenvalue weighted by Gasteiger charge is -2.27. The van der Waals surface area contributed by atoms with Gasteiger partial charge in [-0.15, -0.1) is 0 Å². The van der Waals surface area contributed by atoms with Gasteiger partial charge < -0.3 is 36.9 Å². The molecule has 8 N–H and O–H groups in total. The smallest absolute Gasteiger partial charge is 0.322 e. The van der Waals surface area contributed by atoms with Crippen LogP contribution in [-0.2, 0) is 25.6 Å². The van der Waals surface area contributed by atoms with Crippen molar-refractivity contribution in [1.82, 2.24) is 25.9 Å². The maximum Gasteiger partial charge on any atom is 0.322 e. The summed E-state index contributed by atoms with van der Waals surface area (Å²) in [6.07, 6.45) is 1.88. The van der Waals surface area contributed by atoms with Crippen LogP contribution in [0.2, 0.25) is 0 Å². The van der Waals surface area contributed by atoms with Gasteiger partial charge in [0.05, 0.1) is 18.5 Å². The highest BCUT2D eigenvalue weighted by atomic mass is 16.4. The number of nitrogens with two attached hydrogens (primary N) is 1. The first kappa shape index (κ1) is 24.0. The molecule has 1 rings (SSSR count). The largest absolute Gasteiger partial charge is 0.480 e. The van der Waals surface area contributed by atoms with Gasteiger partial charge in [-0.3, -0.25) is 19.2 Å². The minimum Gasteiger partial charge on any atom is -0.480 e. The Kier molecular flexibility index (Phi) is 9.22. The maximum atomic E-state index is 12.6. The third-order valence-electron chi connectivity index (χ3n) is 4.05. The lowest BCUT2D eigenvalue weighted by atomic mass is 10.0. The molecule has 3 amide bonds. The summed E-state index contributed by atoms with van der Waals surface area (Å²) in [5.74, 6) is -3.76. The van der Waals surface area contributed by atoms with Gasteiger partial charge in [-0.05, 0) is 12.8 Å². The van der Waals surface area contributed by atoms with Crippen LogP contribution >= 0.6 is 0 Å². The lowest BCUT2D eigenvalue weighted by Crippen LogP contribution is -2.60. The number of hydrogen-bond donors (Lipinski definition) is 7. The Morgan fingerprint density at radius 1 is 1.10 bits per heavy atom. The van der Waals surface area contributed by atoms with Crippen LogP contribution in [0.4, 0.5) is 0 Å². The van der Waals surface area contributed by atoms with Gasteiger partial charge in [0.25, 0.3) is 0 Å². The number of carbonyl (C=O) groups excluding carboxylic acids is 3. The molecule has 12 nitrogen and oxygen atoms in total. The van der Waals surface area contributed by atoms with Crippen LogP contribution in [0.25, 0.3) is 0 Å². The number of aliphatic hydroxyl groups excluding tert-OH is 1. The van der Waals surface area contributed by atoms with Crippen molar-refractivity contribution in [3.8, 4) is 0 Å². The number of amides is 3. The molecule has 0 radical (unpaired) electrons. The van der Waals surface area contributed by atoms with E-state index in [1.807, 2.05) is 0 Å². The van der Waals surface area contributed by atoms with E-state index in [0.29, 0.717) is 5.69 Å². The minimum absolute atomic E-state index is 0.187. The van der Waals surface area contributed by atoms with Crippen molar-refractivity contribution in [2.24, 2.45) is 11.7 Å². The second-order valence-corrected chi connectivity index (χ2v) is 6.96. The highest BCUT2D eigenvalue weighted by Gasteiger charge is 2.32. The molecular weight excluding hydrogens is 384 g/mol. The normalized spacial score (nSPS) is 15.1. The number of carbonyl (C=O) groups is 4. The van der Waals surface area contributed by atoms with Crippen LogP contribution in [0, 0.1) is 5.92 Å². The van der Waals surface area contributed by atoms with Crippen LogP contribution in [-0.4, -0.2) is 74.6 Å². The molecule has 1 aromatic heterocycles. The van der Waals surface area contributed by atoms with E-state index in [2.05, 4.69) is 25.9 Å². The molecule has 29 heavy (non-hydrogen) atoms. The van der Waals surface area contributed by atoms with E-state index in [0.717, 1.165) is 0 Å². The predicted molar refractivity (Wildman–Crippen MR) is 101 cm³/mol. The van der Waals surface area contributed by atoms with E-state index in [4.69, 9.17) is 10.8 Å². The predicted octanol–water partition coefficient (Wildman–Crippen LogP) is -2.51. The molecule has 0 spiro atoms. The SMILES string of the molecule is CC(C)C(NC(=O)C(N)Cc1cnc[nH]1)C(=O)NC(C(=O)NCC(=O)O)C(C)O.